The molecule has 1 aromatic carbocycles. The maximum Gasteiger partial charge on any atom is 0.0942 e. The smallest absolute Gasteiger partial charge is 0.0942 e. The van der Waals surface area contributed by atoms with Crippen LogP contribution in [0.2, 0.25) is 0 Å². The van der Waals surface area contributed by atoms with Crippen LogP contribution in [-0.4, -0.2) is 37.1 Å². The van der Waals surface area contributed by atoms with Crippen LogP contribution in [0.5, 0.6) is 0 Å². The highest BCUT2D eigenvalue weighted by Gasteiger charge is 2.47. The summed E-state index contributed by atoms with van der Waals surface area (Å²) in [5.74, 6) is 0. The maximum atomic E-state index is 10.8. The van der Waals surface area contributed by atoms with Crippen LogP contribution >= 0.6 is 0 Å². The second-order valence-electron chi connectivity index (χ2n) is 5.89. The Hall–Kier alpha value is -0.940. The van der Waals surface area contributed by atoms with Crippen LogP contribution in [0.3, 0.4) is 0 Å². The van der Waals surface area contributed by atoms with E-state index in [0.717, 1.165) is 25.0 Å². The van der Waals surface area contributed by atoms with Gasteiger partial charge in [-0.1, -0.05) is 30.3 Å². The molecule has 1 aromatic rings. The van der Waals surface area contributed by atoms with E-state index in [9.17, 15) is 5.11 Å². The lowest BCUT2D eigenvalue weighted by molar-refractivity contribution is -0.164. The van der Waals surface area contributed by atoms with Gasteiger partial charge in [0.05, 0.1) is 25.4 Å². The number of hydrogen-bond donors (Lipinski definition) is 2. The summed E-state index contributed by atoms with van der Waals surface area (Å²) in [5.41, 5.74) is 5.64. The number of rotatable bonds is 6. The average Bonchev–Trinajstić information content (AvgIpc) is 2.48. The molecule has 1 aliphatic rings. The molecule has 3 N–H and O–H groups in total. The van der Waals surface area contributed by atoms with E-state index in [4.69, 9.17) is 15.2 Å². The monoisotopic (exact) mass is 279 g/mol. The normalized spacial score (nSPS) is 26.1. The van der Waals surface area contributed by atoms with Gasteiger partial charge in [0, 0.05) is 18.6 Å². The van der Waals surface area contributed by atoms with Crippen molar-refractivity contribution in [2.75, 3.05) is 26.4 Å². The van der Waals surface area contributed by atoms with Crippen LogP contribution in [0, 0.1) is 5.41 Å². The Balaban J connectivity index is 1.92. The number of benzene rings is 1. The molecule has 20 heavy (non-hydrogen) atoms. The van der Waals surface area contributed by atoms with Crippen LogP contribution in [0.1, 0.15) is 25.3 Å². The third kappa shape index (κ3) is 3.38. The third-order valence-corrected chi connectivity index (χ3v) is 4.35. The lowest BCUT2D eigenvalue weighted by Gasteiger charge is -2.46. The second-order valence-corrected chi connectivity index (χ2v) is 5.89. The van der Waals surface area contributed by atoms with Gasteiger partial charge in [-0.3, -0.25) is 0 Å². The first-order chi connectivity index (χ1) is 9.60. The van der Waals surface area contributed by atoms with Gasteiger partial charge < -0.3 is 20.3 Å². The molecule has 0 bridgehead atoms. The van der Waals surface area contributed by atoms with Gasteiger partial charge in [0.25, 0.3) is 0 Å². The van der Waals surface area contributed by atoms with Crippen molar-refractivity contribution in [1.82, 2.24) is 0 Å². The number of ether oxygens (including phenoxy) is 2. The highest BCUT2D eigenvalue weighted by atomic mass is 16.5. The zero-order valence-electron chi connectivity index (χ0n) is 12.2. The van der Waals surface area contributed by atoms with Crippen molar-refractivity contribution in [3.63, 3.8) is 0 Å². The fourth-order valence-electron chi connectivity index (χ4n) is 2.75. The molecule has 0 spiro atoms. The molecule has 0 radical (unpaired) electrons. The van der Waals surface area contributed by atoms with Gasteiger partial charge in [0.15, 0.2) is 0 Å². The van der Waals surface area contributed by atoms with Crippen molar-refractivity contribution in [3.05, 3.63) is 35.9 Å². The maximum absolute atomic E-state index is 10.8. The minimum absolute atomic E-state index is 0.266. The van der Waals surface area contributed by atoms with Crippen molar-refractivity contribution >= 4 is 0 Å². The van der Waals surface area contributed by atoms with E-state index in [-0.39, 0.29) is 6.61 Å². The van der Waals surface area contributed by atoms with E-state index in [1.807, 2.05) is 30.3 Å². The molecule has 1 fully saturated rings. The van der Waals surface area contributed by atoms with E-state index in [2.05, 4.69) is 0 Å². The van der Waals surface area contributed by atoms with Crippen molar-refractivity contribution in [3.8, 4) is 0 Å². The standard InChI is InChI=1S/C16H25NO3/c1-15(18,16(11-17)8-5-9-19-13-16)12-20-10-14-6-3-2-4-7-14/h2-4,6-7,18H,5,8-13,17H2,1H3. The predicted octanol–water partition coefficient (Wildman–Crippen LogP) is 1.71. The van der Waals surface area contributed by atoms with Crippen LogP contribution < -0.4 is 5.73 Å². The molecule has 0 aliphatic carbocycles. The first-order valence-electron chi connectivity index (χ1n) is 7.22. The molecule has 4 nitrogen and oxygen atoms in total. The molecule has 0 saturated carbocycles. The summed E-state index contributed by atoms with van der Waals surface area (Å²) < 4.78 is 11.2. The highest BCUT2D eigenvalue weighted by Crippen LogP contribution is 2.38. The molecule has 112 valence electrons. The highest BCUT2D eigenvalue weighted by molar-refractivity contribution is 5.13. The lowest BCUT2D eigenvalue weighted by atomic mass is 9.69. The molecule has 2 atom stereocenters. The van der Waals surface area contributed by atoms with Gasteiger partial charge in [-0.05, 0) is 25.3 Å². The number of aliphatic hydroxyl groups is 1. The summed E-state index contributed by atoms with van der Waals surface area (Å²) in [6.07, 6.45) is 1.82. The Kier molecular flexibility index (Phi) is 5.16. The average molecular weight is 279 g/mol. The van der Waals surface area contributed by atoms with Crippen molar-refractivity contribution in [2.24, 2.45) is 11.1 Å². The van der Waals surface area contributed by atoms with Crippen molar-refractivity contribution in [2.45, 2.75) is 32.0 Å². The Morgan fingerprint density at radius 3 is 2.75 bits per heavy atom. The minimum Gasteiger partial charge on any atom is -0.387 e. The molecule has 1 aliphatic heterocycles. The van der Waals surface area contributed by atoms with E-state index in [0.29, 0.717) is 19.8 Å². The first kappa shape index (κ1) is 15.4. The topological polar surface area (TPSA) is 64.7 Å². The fourth-order valence-corrected chi connectivity index (χ4v) is 2.75. The molecular weight excluding hydrogens is 254 g/mol. The Labute approximate surface area is 120 Å². The minimum atomic E-state index is -0.975. The number of hydrogen-bond acceptors (Lipinski definition) is 4. The Morgan fingerprint density at radius 1 is 1.40 bits per heavy atom. The Morgan fingerprint density at radius 2 is 2.15 bits per heavy atom. The zero-order valence-corrected chi connectivity index (χ0v) is 12.2. The summed E-state index contributed by atoms with van der Waals surface area (Å²) in [5, 5.41) is 10.8. The van der Waals surface area contributed by atoms with Crippen molar-refractivity contribution in [1.29, 1.82) is 0 Å². The van der Waals surface area contributed by atoms with Crippen molar-refractivity contribution < 1.29 is 14.6 Å². The molecule has 4 heteroatoms. The SMILES string of the molecule is CC(O)(COCc1ccccc1)C1(CN)CCCOC1. The largest absolute Gasteiger partial charge is 0.387 e. The van der Waals surface area contributed by atoms with E-state index >= 15 is 0 Å². The van der Waals surface area contributed by atoms with Gasteiger partial charge in [-0.15, -0.1) is 0 Å². The summed E-state index contributed by atoms with van der Waals surface area (Å²) in [4.78, 5) is 0. The first-order valence-corrected chi connectivity index (χ1v) is 7.22. The molecule has 2 unspecified atom stereocenters. The van der Waals surface area contributed by atoms with E-state index in [1.54, 1.807) is 6.92 Å². The third-order valence-electron chi connectivity index (χ3n) is 4.35. The zero-order chi connectivity index (χ0) is 14.5. The van der Waals surface area contributed by atoms with Gasteiger partial charge >= 0.3 is 0 Å². The lowest BCUT2D eigenvalue weighted by Crippen LogP contribution is -2.57. The van der Waals surface area contributed by atoms with E-state index < -0.39 is 11.0 Å². The van der Waals surface area contributed by atoms with Gasteiger partial charge in [-0.2, -0.15) is 0 Å². The fraction of sp³-hybridized carbons (Fsp3) is 0.625. The van der Waals surface area contributed by atoms with Crippen LogP contribution in [0.15, 0.2) is 30.3 Å². The Bertz CT molecular complexity index is 399. The quantitative estimate of drug-likeness (QED) is 0.832. The molecule has 0 amide bonds. The molecular formula is C16H25NO3. The molecule has 1 heterocycles. The van der Waals surface area contributed by atoms with Gasteiger partial charge in [0.1, 0.15) is 0 Å². The summed E-state index contributed by atoms with van der Waals surface area (Å²) in [7, 11) is 0. The molecule has 0 aromatic heterocycles. The summed E-state index contributed by atoms with van der Waals surface area (Å²) in [6.45, 7) is 4.24. The van der Waals surface area contributed by atoms with Gasteiger partial charge in [-0.25, -0.2) is 0 Å². The van der Waals surface area contributed by atoms with E-state index in [1.165, 1.54) is 0 Å². The molecule has 1 saturated heterocycles. The summed E-state index contributed by atoms with van der Waals surface area (Å²) >= 11 is 0. The summed E-state index contributed by atoms with van der Waals surface area (Å²) in [6, 6.07) is 9.96. The predicted molar refractivity (Wildman–Crippen MR) is 78.3 cm³/mol. The van der Waals surface area contributed by atoms with Crippen LogP contribution in [0.4, 0.5) is 0 Å². The van der Waals surface area contributed by atoms with Crippen LogP contribution in [-0.2, 0) is 16.1 Å². The molecule has 2 rings (SSSR count). The second kappa shape index (κ2) is 6.68. The van der Waals surface area contributed by atoms with Gasteiger partial charge in [0.2, 0.25) is 0 Å². The van der Waals surface area contributed by atoms with Crippen LogP contribution in [0.25, 0.3) is 0 Å². The number of nitrogens with two attached hydrogens (primary N) is 1.